The van der Waals surface area contributed by atoms with Crippen LogP contribution >= 0.6 is 0 Å². The zero-order valence-corrected chi connectivity index (χ0v) is 11.1. The number of carbonyl (C=O) groups is 1. The standard InChI is InChI=1S/C11H21N5O2/c1-4-8(2)9(17)5-12-11(18)13-6-10-14-7-16(3)15-10/h7-9,17H,4-6H2,1-3H3,(H2,12,13,18). The van der Waals surface area contributed by atoms with E-state index >= 15 is 0 Å². The van der Waals surface area contributed by atoms with Crippen LogP contribution in [0.5, 0.6) is 0 Å². The number of hydrogen-bond donors (Lipinski definition) is 3. The summed E-state index contributed by atoms with van der Waals surface area (Å²) in [7, 11) is 1.76. The van der Waals surface area contributed by atoms with E-state index in [1.165, 1.54) is 0 Å². The molecular formula is C11H21N5O2. The average Bonchev–Trinajstić information content (AvgIpc) is 2.78. The molecule has 0 spiro atoms. The molecule has 2 amide bonds. The number of aryl methyl sites for hydroxylation is 1. The molecule has 1 aromatic heterocycles. The lowest BCUT2D eigenvalue weighted by molar-refractivity contribution is 0.114. The Morgan fingerprint density at radius 3 is 2.83 bits per heavy atom. The fourth-order valence-corrected chi connectivity index (χ4v) is 1.36. The molecular weight excluding hydrogens is 234 g/mol. The molecule has 18 heavy (non-hydrogen) atoms. The first kappa shape index (κ1) is 14.4. The highest BCUT2D eigenvalue weighted by Crippen LogP contribution is 2.05. The van der Waals surface area contributed by atoms with Crippen molar-refractivity contribution < 1.29 is 9.90 Å². The molecule has 3 N–H and O–H groups in total. The smallest absolute Gasteiger partial charge is 0.315 e. The van der Waals surface area contributed by atoms with Crippen LogP contribution in [-0.4, -0.2) is 38.6 Å². The second-order valence-corrected chi connectivity index (χ2v) is 4.35. The van der Waals surface area contributed by atoms with E-state index in [9.17, 15) is 9.90 Å². The van der Waals surface area contributed by atoms with E-state index in [-0.39, 0.29) is 25.0 Å². The van der Waals surface area contributed by atoms with Crippen molar-refractivity contribution in [3.63, 3.8) is 0 Å². The summed E-state index contributed by atoms with van der Waals surface area (Å²) in [5.41, 5.74) is 0. The van der Waals surface area contributed by atoms with Crippen LogP contribution in [0.4, 0.5) is 4.79 Å². The van der Waals surface area contributed by atoms with Gasteiger partial charge in [0.15, 0.2) is 5.82 Å². The number of aromatic nitrogens is 3. The molecule has 0 aliphatic carbocycles. The SMILES string of the molecule is CCC(C)C(O)CNC(=O)NCc1ncn(C)n1. The summed E-state index contributed by atoms with van der Waals surface area (Å²) >= 11 is 0. The number of amides is 2. The summed E-state index contributed by atoms with van der Waals surface area (Å²) in [6, 6.07) is -0.329. The van der Waals surface area contributed by atoms with Gasteiger partial charge in [-0.05, 0) is 5.92 Å². The van der Waals surface area contributed by atoms with Gasteiger partial charge in [0.05, 0.1) is 12.6 Å². The Morgan fingerprint density at radius 1 is 1.56 bits per heavy atom. The van der Waals surface area contributed by atoms with Crippen molar-refractivity contribution in [3.8, 4) is 0 Å². The molecule has 1 heterocycles. The molecule has 0 aromatic carbocycles. The highest BCUT2D eigenvalue weighted by Gasteiger charge is 2.13. The van der Waals surface area contributed by atoms with Gasteiger partial charge in [0.25, 0.3) is 0 Å². The fourth-order valence-electron chi connectivity index (χ4n) is 1.36. The number of nitrogens with one attached hydrogen (secondary N) is 2. The van der Waals surface area contributed by atoms with E-state index < -0.39 is 6.10 Å². The summed E-state index contributed by atoms with van der Waals surface area (Å²) in [4.78, 5) is 15.4. The van der Waals surface area contributed by atoms with Crippen LogP contribution in [0.2, 0.25) is 0 Å². The first-order chi connectivity index (χ1) is 8.52. The van der Waals surface area contributed by atoms with Crippen molar-refractivity contribution in [2.75, 3.05) is 6.54 Å². The zero-order valence-electron chi connectivity index (χ0n) is 11.1. The van der Waals surface area contributed by atoms with E-state index in [0.717, 1.165) is 6.42 Å². The van der Waals surface area contributed by atoms with Gasteiger partial charge >= 0.3 is 6.03 Å². The number of aliphatic hydroxyl groups is 1. The molecule has 0 saturated carbocycles. The number of nitrogens with zero attached hydrogens (tertiary/aromatic N) is 3. The van der Waals surface area contributed by atoms with Gasteiger partial charge in [0.2, 0.25) is 0 Å². The number of rotatable bonds is 6. The van der Waals surface area contributed by atoms with Gasteiger partial charge in [-0.3, -0.25) is 4.68 Å². The minimum Gasteiger partial charge on any atom is -0.391 e. The summed E-state index contributed by atoms with van der Waals surface area (Å²) < 4.78 is 1.57. The third-order valence-electron chi connectivity index (χ3n) is 2.83. The van der Waals surface area contributed by atoms with Crippen LogP contribution < -0.4 is 10.6 Å². The Morgan fingerprint density at radius 2 is 2.28 bits per heavy atom. The molecule has 0 aliphatic heterocycles. The summed E-state index contributed by atoms with van der Waals surface area (Å²) in [6.45, 7) is 4.46. The fraction of sp³-hybridized carbons (Fsp3) is 0.727. The number of urea groups is 1. The van der Waals surface area contributed by atoms with Gasteiger partial charge in [-0.15, -0.1) is 0 Å². The van der Waals surface area contributed by atoms with Crippen molar-refractivity contribution in [3.05, 3.63) is 12.2 Å². The Hall–Kier alpha value is -1.63. The highest BCUT2D eigenvalue weighted by atomic mass is 16.3. The van der Waals surface area contributed by atoms with Gasteiger partial charge in [0.1, 0.15) is 6.33 Å². The molecule has 1 aromatic rings. The molecule has 7 nitrogen and oxygen atoms in total. The lowest BCUT2D eigenvalue weighted by Gasteiger charge is -2.17. The molecule has 102 valence electrons. The molecule has 0 saturated heterocycles. The second-order valence-electron chi connectivity index (χ2n) is 4.35. The zero-order chi connectivity index (χ0) is 13.5. The minimum absolute atomic E-state index is 0.169. The lowest BCUT2D eigenvalue weighted by atomic mass is 10.0. The van der Waals surface area contributed by atoms with Crippen molar-refractivity contribution in [1.82, 2.24) is 25.4 Å². The van der Waals surface area contributed by atoms with Crippen LogP contribution in [0.15, 0.2) is 6.33 Å². The first-order valence-corrected chi connectivity index (χ1v) is 6.07. The molecule has 0 fully saturated rings. The van der Waals surface area contributed by atoms with Crippen LogP contribution in [0.1, 0.15) is 26.1 Å². The first-order valence-electron chi connectivity index (χ1n) is 6.07. The van der Waals surface area contributed by atoms with E-state index in [0.29, 0.717) is 5.82 Å². The van der Waals surface area contributed by atoms with Gasteiger partial charge in [0, 0.05) is 13.6 Å². The van der Waals surface area contributed by atoms with Crippen LogP contribution in [-0.2, 0) is 13.6 Å². The molecule has 0 aliphatic rings. The summed E-state index contributed by atoms with van der Waals surface area (Å²) in [5.74, 6) is 0.720. The summed E-state index contributed by atoms with van der Waals surface area (Å²) in [6.07, 6.45) is 1.93. The predicted molar refractivity (Wildman–Crippen MR) is 66.7 cm³/mol. The molecule has 0 bridgehead atoms. The van der Waals surface area contributed by atoms with Gasteiger partial charge < -0.3 is 15.7 Å². The number of aliphatic hydroxyl groups excluding tert-OH is 1. The number of carbonyl (C=O) groups excluding carboxylic acids is 1. The van der Waals surface area contributed by atoms with E-state index in [4.69, 9.17) is 0 Å². The quantitative estimate of drug-likeness (QED) is 0.668. The third kappa shape index (κ3) is 4.70. The minimum atomic E-state index is -0.520. The van der Waals surface area contributed by atoms with E-state index in [1.807, 2.05) is 13.8 Å². The second kappa shape index (κ2) is 6.95. The molecule has 0 radical (unpaired) electrons. The van der Waals surface area contributed by atoms with Crippen LogP contribution in [0, 0.1) is 5.92 Å². The molecule has 2 atom stereocenters. The van der Waals surface area contributed by atoms with Crippen molar-refractivity contribution >= 4 is 6.03 Å². The van der Waals surface area contributed by atoms with E-state index in [2.05, 4.69) is 20.7 Å². The average molecular weight is 255 g/mol. The van der Waals surface area contributed by atoms with Gasteiger partial charge in [-0.2, -0.15) is 5.10 Å². The van der Waals surface area contributed by atoms with Crippen molar-refractivity contribution in [2.24, 2.45) is 13.0 Å². The Bertz CT molecular complexity index is 379. The van der Waals surface area contributed by atoms with E-state index in [1.54, 1.807) is 18.1 Å². The van der Waals surface area contributed by atoms with Crippen molar-refractivity contribution in [1.29, 1.82) is 0 Å². The maximum atomic E-state index is 11.4. The maximum absolute atomic E-state index is 11.4. The Labute approximate surface area is 107 Å². The molecule has 1 rings (SSSR count). The van der Waals surface area contributed by atoms with Gasteiger partial charge in [-0.25, -0.2) is 9.78 Å². The maximum Gasteiger partial charge on any atom is 0.315 e. The lowest BCUT2D eigenvalue weighted by Crippen LogP contribution is -2.41. The molecule has 2 unspecified atom stereocenters. The summed E-state index contributed by atoms with van der Waals surface area (Å²) in [5, 5.41) is 19.0. The third-order valence-corrected chi connectivity index (χ3v) is 2.83. The predicted octanol–water partition coefficient (Wildman–Crippen LogP) is 0.0213. The Kier molecular flexibility index (Phi) is 5.57. The Balaban J connectivity index is 2.22. The van der Waals surface area contributed by atoms with Gasteiger partial charge in [-0.1, -0.05) is 20.3 Å². The number of hydrogen-bond acceptors (Lipinski definition) is 4. The molecule has 7 heteroatoms. The monoisotopic (exact) mass is 255 g/mol. The van der Waals surface area contributed by atoms with Crippen LogP contribution in [0.25, 0.3) is 0 Å². The van der Waals surface area contributed by atoms with Crippen LogP contribution in [0.3, 0.4) is 0 Å². The normalized spacial score (nSPS) is 14.0. The largest absolute Gasteiger partial charge is 0.391 e. The highest BCUT2D eigenvalue weighted by molar-refractivity contribution is 5.73. The van der Waals surface area contributed by atoms with Crippen molar-refractivity contribution in [2.45, 2.75) is 32.9 Å². The topological polar surface area (TPSA) is 92.1 Å².